The van der Waals surface area contributed by atoms with Gasteiger partial charge < -0.3 is 5.32 Å². The molecule has 0 aliphatic heterocycles. The summed E-state index contributed by atoms with van der Waals surface area (Å²) in [5, 5.41) is 6.54. The molecule has 0 radical (unpaired) electrons. The molecule has 0 aliphatic rings. The van der Waals surface area contributed by atoms with Crippen LogP contribution in [0.2, 0.25) is 0 Å². The number of nitrogens with zero attached hydrogens (tertiary/aromatic N) is 1. The maximum atomic E-state index is 11.7. The normalized spacial score (nSPS) is 11.8. The lowest BCUT2D eigenvalue weighted by Gasteiger charge is -2.18. The van der Waals surface area contributed by atoms with E-state index in [0.717, 1.165) is 11.1 Å². The van der Waals surface area contributed by atoms with Crippen molar-refractivity contribution < 1.29 is 4.79 Å². The molecular weight excluding hydrogens is 310 g/mol. The molecule has 25 heavy (non-hydrogen) atoms. The summed E-state index contributed by atoms with van der Waals surface area (Å²) in [6, 6.07) is 15.8. The molecule has 0 spiro atoms. The second kappa shape index (κ2) is 8.29. The number of hydrogen-bond donors (Lipinski definition) is 2. The molecule has 2 N–H and O–H groups in total. The van der Waals surface area contributed by atoms with Crippen LogP contribution in [0, 0.1) is 6.92 Å². The summed E-state index contributed by atoms with van der Waals surface area (Å²) in [6.07, 6.45) is 5.05. The Morgan fingerprint density at radius 2 is 1.56 bits per heavy atom. The minimum atomic E-state index is -0.383. The van der Waals surface area contributed by atoms with Crippen LogP contribution in [0.1, 0.15) is 43.0 Å². The van der Waals surface area contributed by atoms with E-state index in [-0.39, 0.29) is 11.4 Å². The Morgan fingerprint density at radius 3 is 2.16 bits per heavy atom. The predicted octanol–water partition coefficient (Wildman–Crippen LogP) is 4.60. The standard InChI is InChI=1S/C21H25N3O/c1-16-5-7-18(8-6-16)15-23-24-20(25)22-14-13-17-9-11-19(12-10-17)21(2,3)4/h5-15H,1-4H3,(H2,22,24,25)/b14-13+,23-15+. The lowest BCUT2D eigenvalue weighted by Crippen LogP contribution is -2.28. The molecule has 4 nitrogen and oxygen atoms in total. The summed E-state index contributed by atoms with van der Waals surface area (Å²) < 4.78 is 0. The Kier molecular flexibility index (Phi) is 6.12. The van der Waals surface area contributed by atoms with Crippen LogP contribution in [0.3, 0.4) is 0 Å². The maximum absolute atomic E-state index is 11.7. The second-order valence-electron chi connectivity index (χ2n) is 6.96. The van der Waals surface area contributed by atoms with E-state index >= 15 is 0 Å². The van der Waals surface area contributed by atoms with E-state index in [9.17, 15) is 4.79 Å². The monoisotopic (exact) mass is 335 g/mol. The van der Waals surface area contributed by atoms with Gasteiger partial charge in [0.1, 0.15) is 0 Å². The zero-order valence-electron chi connectivity index (χ0n) is 15.2. The van der Waals surface area contributed by atoms with Crippen molar-refractivity contribution in [1.82, 2.24) is 10.7 Å². The van der Waals surface area contributed by atoms with Crippen LogP contribution in [-0.2, 0) is 5.41 Å². The van der Waals surface area contributed by atoms with E-state index in [2.05, 4.69) is 48.7 Å². The number of amides is 2. The van der Waals surface area contributed by atoms with Crippen LogP contribution in [0.25, 0.3) is 6.08 Å². The molecule has 0 aliphatic carbocycles. The van der Waals surface area contributed by atoms with Crippen molar-refractivity contribution in [1.29, 1.82) is 0 Å². The third kappa shape index (κ3) is 6.26. The van der Waals surface area contributed by atoms with Gasteiger partial charge in [-0.1, -0.05) is 74.9 Å². The Morgan fingerprint density at radius 1 is 0.960 bits per heavy atom. The number of benzene rings is 2. The SMILES string of the molecule is Cc1ccc(/C=N/NC(=O)N/C=C/c2ccc(C(C)(C)C)cc2)cc1. The van der Waals surface area contributed by atoms with Crippen molar-refractivity contribution >= 4 is 18.3 Å². The van der Waals surface area contributed by atoms with Crippen molar-refractivity contribution in [2.24, 2.45) is 5.10 Å². The van der Waals surface area contributed by atoms with Crippen LogP contribution in [0.15, 0.2) is 59.8 Å². The van der Waals surface area contributed by atoms with E-state index in [0.29, 0.717) is 0 Å². The van der Waals surface area contributed by atoms with Crippen LogP contribution >= 0.6 is 0 Å². The average Bonchev–Trinajstić information content (AvgIpc) is 2.56. The lowest BCUT2D eigenvalue weighted by atomic mass is 9.87. The number of nitrogens with one attached hydrogen (secondary N) is 2. The Labute approximate surface area is 149 Å². The number of rotatable bonds is 4. The summed E-state index contributed by atoms with van der Waals surface area (Å²) >= 11 is 0. The highest BCUT2D eigenvalue weighted by Gasteiger charge is 2.12. The van der Waals surface area contributed by atoms with Crippen LogP contribution in [0.4, 0.5) is 4.79 Å². The summed E-state index contributed by atoms with van der Waals surface area (Å²) in [4.78, 5) is 11.7. The number of hydrogen-bond acceptors (Lipinski definition) is 2. The number of urea groups is 1. The molecule has 0 saturated heterocycles. The number of carbonyl (C=O) groups is 1. The van der Waals surface area contributed by atoms with Gasteiger partial charge in [0.15, 0.2) is 0 Å². The highest BCUT2D eigenvalue weighted by molar-refractivity contribution is 5.82. The first-order valence-electron chi connectivity index (χ1n) is 8.28. The second-order valence-corrected chi connectivity index (χ2v) is 6.96. The lowest BCUT2D eigenvalue weighted by molar-refractivity contribution is 0.244. The van der Waals surface area contributed by atoms with E-state index in [4.69, 9.17) is 0 Å². The quantitative estimate of drug-likeness (QED) is 0.623. The first-order chi connectivity index (χ1) is 11.8. The third-order valence-corrected chi connectivity index (χ3v) is 3.72. The van der Waals surface area contributed by atoms with Gasteiger partial charge >= 0.3 is 6.03 Å². The molecule has 0 aromatic heterocycles. The number of hydrazone groups is 1. The maximum Gasteiger partial charge on any atom is 0.339 e. The van der Waals surface area contributed by atoms with Gasteiger partial charge in [-0.2, -0.15) is 5.10 Å². The van der Waals surface area contributed by atoms with Gasteiger partial charge in [-0.15, -0.1) is 0 Å². The fraction of sp³-hybridized carbons (Fsp3) is 0.238. The molecule has 0 bridgehead atoms. The van der Waals surface area contributed by atoms with Gasteiger partial charge in [-0.05, 0) is 35.1 Å². The molecule has 0 fully saturated rings. The third-order valence-electron chi connectivity index (χ3n) is 3.72. The van der Waals surface area contributed by atoms with Gasteiger partial charge in [-0.25, -0.2) is 10.2 Å². The van der Waals surface area contributed by atoms with E-state index in [1.807, 2.05) is 49.4 Å². The molecule has 130 valence electrons. The molecule has 0 heterocycles. The Bertz CT molecular complexity index is 751. The van der Waals surface area contributed by atoms with Crippen LogP contribution < -0.4 is 10.7 Å². The Balaban J connectivity index is 1.81. The summed E-state index contributed by atoms with van der Waals surface area (Å²) in [5.74, 6) is 0. The Hall–Kier alpha value is -2.88. The molecule has 4 heteroatoms. The van der Waals surface area contributed by atoms with E-state index < -0.39 is 0 Å². The first-order valence-corrected chi connectivity index (χ1v) is 8.28. The minimum absolute atomic E-state index is 0.135. The van der Waals surface area contributed by atoms with Crippen molar-refractivity contribution in [2.45, 2.75) is 33.1 Å². The fourth-order valence-electron chi connectivity index (χ4n) is 2.16. The zero-order chi connectivity index (χ0) is 18.3. The highest BCUT2D eigenvalue weighted by Crippen LogP contribution is 2.22. The first kappa shape index (κ1) is 18.5. The molecule has 2 amide bonds. The molecule has 0 saturated carbocycles. The summed E-state index contributed by atoms with van der Waals surface area (Å²) in [7, 11) is 0. The number of carbonyl (C=O) groups excluding carboxylic acids is 1. The van der Waals surface area contributed by atoms with E-state index in [1.165, 1.54) is 11.1 Å². The van der Waals surface area contributed by atoms with Gasteiger partial charge in [-0.3, -0.25) is 0 Å². The molecule has 2 rings (SSSR count). The van der Waals surface area contributed by atoms with Gasteiger partial charge in [0.05, 0.1) is 6.21 Å². The highest BCUT2D eigenvalue weighted by atomic mass is 16.2. The predicted molar refractivity (Wildman–Crippen MR) is 105 cm³/mol. The van der Waals surface area contributed by atoms with Crippen LogP contribution in [0.5, 0.6) is 0 Å². The van der Waals surface area contributed by atoms with Crippen LogP contribution in [-0.4, -0.2) is 12.2 Å². The molecule has 0 atom stereocenters. The zero-order valence-corrected chi connectivity index (χ0v) is 15.2. The number of aryl methyl sites for hydroxylation is 1. The van der Waals surface area contributed by atoms with Crippen molar-refractivity contribution in [3.05, 3.63) is 77.0 Å². The average molecular weight is 335 g/mol. The molecule has 2 aromatic rings. The van der Waals surface area contributed by atoms with Crippen molar-refractivity contribution in [3.63, 3.8) is 0 Å². The van der Waals surface area contributed by atoms with Gasteiger partial charge in [0, 0.05) is 6.20 Å². The summed E-state index contributed by atoms with van der Waals surface area (Å²) in [6.45, 7) is 8.57. The topological polar surface area (TPSA) is 53.5 Å². The van der Waals surface area contributed by atoms with Gasteiger partial charge in [0.25, 0.3) is 0 Å². The fourth-order valence-corrected chi connectivity index (χ4v) is 2.16. The molecular formula is C21H25N3O. The molecule has 0 unspecified atom stereocenters. The van der Waals surface area contributed by atoms with Crippen molar-refractivity contribution in [3.8, 4) is 0 Å². The van der Waals surface area contributed by atoms with E-state index in [1.54, 1.807) is 12.4 Å². The summed E-state index contributed by atoms with van der Waals surface area (Å²) in [5.41, 5.74) is 6.98. The van der Waals surface area contributed by atoms with Crippen molar-refractivity contribution in [2.75, 3.05) is 0 Å². The smallest absolute Gasteiger partial charge is 0.313 e. The molecule has 2 aromatic carbocycles. The van der Waals surface area contributed by atoms with Gasteiger partial charge in [0.2, 0.25) is 0 Å². The largest absolute Gasteiger partial charge is 0.339 e. The minimum Gasteiger partial charge on any atom is -0.313 e.